The molecule has 1 aromatic carbocycles. The number of aliphatic hydroxyl groups excluding tert-OH is 1. The van der Waals surface area contributed by atoms with E-state index in [0.29, 0.717) is 18.7 Å². The highest BCUT2D eigenvalue weighted by Crippen LogP contribution is 2.15. The Balaban J connectivity index is 1.62. The Morgan fingerprint density at radius 3 is 2.83 bits per heavy atom. The first kappa shape index (κ1) is 15.2. The lowest BCUT2D eigenvalue weighted by atomic mass is 10.1. The van der Waals surface area contributed by atoms with E-state index in [2.05, 4.69) is 10.3 Å². The highest BCUT2D eigenvalue weighted by molar-refractivity contribution is 5.93. The summed E-state index contributed by atoms with van der Waals surface area (Å²) in [7, 11) is 0. The zero-order valence-electron chi connectivity index (χ0n) is 12.9. The number of benzene rings is 1. The van der Waals surface area contributed by atoms with Gasteiger partial charge in [-0.25, -0.2) is 4.98 Å². The monoisotopic (exact) mass is 309 g/mol. The van der Waals surface area contributed by atoms with E-state index in [1.54, 1.807) is 10.6 Å². The van der Waals surface area contributed by atoms with E-state index in [1.165, 1.54) is 0 Å². The Hall–Kier alpha value is -2.66. The average Bonchev–Trinajstić information content (AvgIpc) is 2.98. The van der Waals surface area contributed by atoms with Crippen molar-refractivity contribution in [3.63, 3.8) is 0 Å². The van der Waals surface area contributed by atoms with Gasteiger partial charge in [0.2, 0.25) is 0 Å². The predicted octanol–water partition coefficient (Wildman–Crippen LogP) is 2.50. The third kappa shape index (κ3) is 3.40. The second kappa shape index (κ2) is 6.62. The fourth-order valence-corrected chi connectivity index (χ4v) is 2.51. The summed E-state index contributed by atoms with van der Waals surface area (Å²) in [6.07, 6.45) is 3.33. The molecule has 3 aromatic rings. The molecule has 0 aliphatic heterocycles. The first-order valence-corrected chi connectivity index (χ1v) is 7.60. The van der Waals surface area contributed by atoms with Crippen molar-refractivity contribution >= 4 is 11.6 Å². The summed E-state index contributed by atoms with van der Waals surface area (Å²) in [6.45, 7) is 2.37. The lowest BCUT2D eigenvalue weighted by molar-refractivity contribution is 0.0937. The standard InChI is InChI=1S/C18H19N3O2/c1-13-7-8-17-20-11-15(21(17)12-13)18(23)19-10-9-16(22)14-5-3-2-4-6-14/h2-8,11-12,16,22H,9-10H2,1H3,(H,19,23). The van der Waals surface area contributed by atoms with Crippen molar-refractivity contribution in [3.05, 3.63) is 71.7 Å². The van der Waals surface area contributed by atoms with E-state index in [4.69, 9.17) is 0 Å². The molecule has 118 valence electrons. The van der Waals surface area contributed by atoms with Gasteiger partial charge in [0.25, 0.3) is 5.91 Å². The molecule has 0 saturated carbocycles. The number of nitrogens with zero attached hydrogens (tertiary/aromatic N) is 2. The number of aromatic nitrogens is 2. The number of aryl methyl sites for hydroxylation is 1. The number of pyridine rings is 1. The van der Waals surface area contributed by atoms with E-state index < -0.39 is 6.10 Å². The zero-order valence-corrected chi connectivity index (χ0v) is 12.9. The van der Waals surface area contributed by atoms with Gasteiger partial charge < -0.3 is 10.4 Å². The van der Waals surface area contributed by atoms with Crippen molar-refractivity contribution in [2.45, 2.75) is 19.4 Å². The van der Waals surface area contributed by atoms with Gasteiger partial charge in [-0.15, -0.1) is 0 Å². The highest BCUT2D eigenvalue weighted by atomic mass is 16.3. The van der Waals surface area contributed by atoms with Crippen LogP contribution in [-0.4, -0.2) is 26.9 Å². The van der Waals surface area contributed by atoms with Crippen LogP contribution >= 0.6 is 0 Å². The number of amides is 1. The summed E-state index contributed by atoms with van der Waals surface area (Å²) in [5.74, 6) is -0.191. The van der Waals surface area contributed by atoms with E-state index in [-0.39, 0.29) is 5.91 Å². The molecule has 0 fully saturated rings. The maximum atomic E-state index is 12.3. The SMILES string of the molecule is Cc1ccc2ncc(C(=O)NCCC(O)c3ccccc3)n2c1. The molecule has 2 aromatic heterocycles. The largest absolute Gasteiger partial charge is 0.388 e. The van der Waals surface area contributed by atoms with Gasteiger partial charge in [-0.2, -0.15) is 0 Å². The van der Waals surface area contributed by atoms with Crippen LogP contribution in [0.2, 0.25) is 0 Å². The summed E-state index contributed by atoms with van der Waals surface area (Å²) >= 11 is 0. The molecule has 0 aliphatic carbocycles. The van der Waals surface area contributed by atoms with Crippen LogP contribution in [0.4, 0.5) is 0 Å². The molecular weight excluding hydrogens is 290 g/mol. The van der Waals surface area contributed by atoms with Crippen LogP contribution < -0.4 is 5.32 Å². The van der Waals surface area contributed by atoms with Gasteiger partial charge in [0.1, 0.15) is 11.3 Å². The maximum Gasteiger partial charge on any atom is 0.269 e. The molecule has 0 bridgehead atoms. The predicted molar refractivity (Wildman–Crippen MR) is 88.3 cm³/mol. The van der Waals surface area contributed by atoms with Crippen molar-refractivity contribution in [1.29, 1.82) is 0 Å². The summed E-state index contributed by atoms with van der Waals surface area (Å²) < 4.78 is 1.78. The molecule has 23 heavy (non-hydrogen) atoms. The molecule has 1 atom stereocenters. The first-order chi connectivity index (χ1) is 11.1. The second-order valence-corrected chi connectivity index (χ2v) is 5.55. The Labute approximate surface area is 134 Å². The number of carbonyl (C=O) groups excluding carboxylic acids is 1. The third-order valence-corrected chi connectivity index (χ3v) is 3.77. The van der Waals surface area contributed by atoms with Crippen molar-refractivity contribution in [3.8, 4) is 0 Å². The number of nitrogens with one attached hydrogen (secondary N) is 1. The number of carbonyl (C=O) groups is 1. The van der Waals surface area contributed by atoms with Gasteiger partial charge in [-0.05, 0) is 30.5 Å². The van der Waals surface area contributed by atoms with E-state index in [0.717, 1.165) is 16.8 Å². The van der Waals surface area contributed by atoms with E-state index in [9.17, 15) is 9.90 Å². The molecule has 1 amide bonds. The minimum atomic E-state index is -0.582. The molecule has 5 nitrogen and oxygen atoms in total. The molecule has 2 heterocycles. The summed E-state index contributed by atoms with van der Waals surface area (Å²) in [6, 6.07) is 13.3. The topological polar surface area (TPSA) is 66.6 Å². The minimum absolute atomic E-state index is 0.191. The normalized spacial score (nSPS) is 12.3. The summed E-state index contributed by atoms with van der Waals surface area (Å²) in [5.41, 5.74) is 3.15. The van der Waals surface area contributed by atoms with Crippen LogP contribution in [0.5, 0.6) is 0 Å². The quantitative estimate of drug-likeness (QED) is 0.761. The van der Waals surface area contributed by atoms with Crippen molar-refractivity contribution in [1.82, 2.24) is 14.7 Å². The average molecular weight is 309 g/mol. The zero-order chi connectivity index (χ0) is 16.2. The van der Waals surface area contributed by atoms with E-state index in [1.807, 2.05) is 55.6 Å². The molecule has 0 radical (unpaired) electrons. The summed E-state index contributed by atoms with van der Waals surface area (Å²) in [4.78, 5) is 16.5. The number of aliphatic hydroxyl groups is 1. The number of hydrogen-bond acceptors (Lipinski definition) is 3. The van der Waals surface area contributed by atoms with Gasteiger partial charge in [0, 0.05) is 12.7 Å². The fourth-order valence-electron chi connectivity index (χ4n) is 2.51. The Morgan fingerprint density at radius 1 is 1.26 bits per heavy atom. The number of imidazole rings is 1. The van der Waals surface area contributed by atoms with Crippen LogP contribution in [0.3, 0.4) is 0 Å². The number of rotatable bonds is 5. The van der Waals surface area contributed by atoms with Crippen LogP contribution in [0.1, 0.15) is 34.1 Å². The molecule has 5 heteroatoms. The van der Waals surface area contributed by atoms with Crippen LogP contribution in [-0.2, 0) is 0 Å². The lowest BCUT2D eigenvalue weighted by Crippen LogP contribution is -2.26. The third-order valence-electron chi connectivity index (χ3n) is 3.77. The Morgan fingerprint density at radius 2 is 2.04 bits per heavy atom. The molecule has 0 aliphatic rings. The van der Waals surface area contributed by atoms with Crippen LogP contribution in [0, 0.1) is 6.92 Å². The Kier molecular flexibility index (Phi) is 4.39. The molecule has 3 rings (SSSR count). The minimum Gasteiger partial charge on any atom is -0.388 e. The first-order valence-electron chi connectivity index (χ1n) is 7.60. The second-order valence-electron chi connectivity index (χ2n) is 5.55. The van der Waals surface area contributed by atoms with Gasteiger partial charge in [0.15, 0.2) is 0 Å². The number of fused-ring (bicyclic) bond motifs is 1. The van der Waals surface area contributed by atoms with Gasteiger partial charge >= 0.3 is 0 Å². The summed E-state index contributed by atoms with van der Waals surface area (Å²) in [5, 5.41) is 12.9. The lowest BCUT2D eigenvalue weighted by Gasteiger charge is -2.11. The van der Waals surface area contributed by atoms with E-state index >= 15 is 0 Å². The van der Waals surface area contributed by atoms with Crippen LogP contribution in [0.15, 0.2) is 54.9 Å². The molecule has 0 spiro atoms. The smallest absolute Gasteiger partial charge is 0.269 e. The van der Waals surface area contributed by atoms with Crippen LogP contribution in [0.25, 0.3) is 5.65 Å². The number of hydrogen-bond donors (Lipinski definition) is 2. The molecule has 1 unspecified atom stereocenters. The maximum absolute atomic E-state index is 12.3. The van der Waals surface area contributed by atoms with Crippen molar-refractivity contribution < 1.29 is 9.90 Å². The molecule has 0 saturated heterocycles. The Bertz CT molecular complexity index is 812. The fraction of sp³-hybridized carbons (Fsp3) is 0.222. The highest BCUT2D eigenvalue weighted by Gasteiger charge is 2.13. The molecular formula is C18H19N3O2. The molecule has 2 N–H and O–H groups in total. The van der Waals surface area contributed by atoms with Crippen molar-refractivity contribution in [2.24, 2.45) is 0 Å². The van der Waals surface area contributed by atoms with Crippen molar-refractivity contribution in [2.75, 3.05) is 6.54 Å². The van der Waals surface area contributed by atoms with Gasteiger partial charge in [-0.1, -0.05) is 36.4 Å². The van der Waals surface area contributed by atoms with Gasteiger partial charge in [-0.3, -0.25) is 9.20 Å². The van der Waals surface area contributed by atoms with Gasteiger partial charge in [0.05, 0.1) is 12.3 Å².